The van der Waals surface area contributed by atoms with Gasteiger partial charge in [-0.25, -0.2) is 4.98 Å². The van der Waals surface area contributed by atoms with Gasteiger partial charge in [-0.05, 0) is 44.0 Å². The van der Waals surface area contributed by atoms with Crippen LogP contribution < -0.4 is 10.1 Å². The van der Waals surface area contributed by atoms with E-state index < -0.39 is 11.6 Å². The number of hydrogen-bond donors (Lipinski definition) is 1. The third-order valence-electron chi connectivity index (χ3n) is 3.58. The Hall–Kier alpha value is -2.16. The molecule has 1 unspecified atom stereocenters. The summed E-state index contributed by atoms with van der Waals surface area (Å²) >= 11 is 1.35. The zero-order valence-electron chi connectivity index (χ0n) is 13.3. The zero-order valence-corrected chi connectivity index (χ0v) is 14.1. The molecular weight excluding hydrogens is 355 g/mol. The van der Waals surface area contributed by atoms with E-state index in [0.717, 1.165) is 30.1 Å². The van der Waals surface area contributed by atoms with Gasteiger partial charge in [0.2, 0.25) is 5.91 Å². The fourth-order valence-electron chi connectivity index (χ4n) is 2.22. The minimum atomic E-state index is -4.74. The van der Waals surface area contributed by atoms with Crippen molar-refractivity contribution in [2.24, 2.45) is 0 Å². The highest BCUT2D eigenvalue weighted by Crippen LogP contribution is 2.38. The van der Waals surface area contributed by atoms with Gasteiger partial charge in [-0.15, -0.1) is 13.2 Å². The number of thioether (sulfide) groups is 1. The molecule has 0 aliphatic heterocycles. The fraction of sp³-hybridized carbons (Fsp3) is 0.375. The maximum Gasteiger partial charge on any atom is 0.573 e. The first-order chi connectivity index (χ1) is 11.8. The predicted molar refractivity (Wildman–Crippen MR) is 87.6 cm³/mol. The van der Waals surface area contributed by atoms with E-state index in [1.165, 1.54) is 23.9 Å². The normalized spacial score (nSPS) is 15.7. The van der Waals surface area contributed by atoms with Gasteiger partial charge in [0.05, 0.1) is 5.25 Å². The van der Waals surface area contributed by atoms with Crippen molar-refractivity contribution in [2.75, 3.05) is 5.32 Å². The van der Waals surface area contributed by atoms with Crippen LogP contribution in [0.5, 0.6) is 5.75 Å². The maximum absolute atomic E-state index is 12.3. The van der Waals surface area contributed by atoms with Crippen LogP contribution in [0, 0.1) is 0 Å². The number of anilines is 1. The van der Waals surface area contributed by atoms with Crippen LogP contribution in [-0.2, 0) is 4.79 Å². The summed E-state index contributed by atoms with van der Waals surface area (Å²) in [6.45, 7) is 1.76. The smallest absolute Gasteiger partial charge is 0.406 e. The zero-order chi connectivity index (χ0) is 18.0. The van der Waals surface area contributed by atoms with E-state index in [2.05, 4.69) is 19.6 Å². The molecule has 9 heteroatoms. The van der Waals surface area contributed by atoms with Crippen LogP contribution in [0.2, 0.25) is 0 Å². The highest BCUT2D eigenvalue weighted by Gasteiger charge is 2.31. The van der Waals surface area contributed by atoms with Crippen LogP contribution >= 0.6 is 11.8 Å². The predicted octanol–water partition coefficient (Wildman–Crippen LogP) is 4.24. The van der Waals surface area contributed by atoms with Crippen LogP contribution in [-0.4, -0.2) is 27.1 Å². The minimum absolute atomic E-state index is 0.250. The SMILES string of the molecule is CC(Sc1nccn1C1CC1)C(=O)Nc1ccc(OC(F)(F)F)cc1. The molecule has 1 atom stereocenters. The Balaban J connectivity index is 1.56. The molecule has 2 aromatic rings. The molecule has 1 fully saturated rings. The molecule has 1 amide bonds. The van der Waals surface area contributed by atoms with Crippen molar-refractivity contribution in [2.45, 2.75) is 42.6 Å². The maximum atomic E-state index is 12.3. The van der Waals surface area contributed by atoms with Gasteiger partial charge in [-0.3, -0.25) is 4.79 Å². The largest absolute Gasteiger partial charge is 0.573 e. The van der Waals surface area contributed by atoms with E-state index in [9.17, 15) is 18.0 Å². The Morgan fingerprint density at radius 3 is 2.64 bits per heavy atom. The van der Waals surface area contributed by atoms with Gasteiger partial charge in [0.15, 0.2) is 5.16 Å². The Kier molecular flexibility index (Phi) is 4.94. The summed E-state index contributed by atoms with van der Waals surface area (Å²) < 4.78 is 42.2. The van der Waals surface area contributed by atoms with Gasteiger partial charge in [-0.2, -0.15) is 0 Å². The molecule has 1 aromatic carbocycles. The quantitative estimate of drug-likeness (QED) is 0.772. The lowest BCUT2D eigenvalue weighted by molar-refractivity contribution is -0.274. The number of halogens is 3. The number of nitrogens with one attached hydrogen (secondary N) is 1. The molecule has 1 heterocycles. The average molecular weight is 371 g/mol. The Morgan fingerprint density at radius 1 is 1.36 bits per heavy atom. The monoisotopic (exact) mass is 371 g/mol. The lowest BCUT2D eigenvalue weighted by atomic mass is 10.3. The molecule has 0 spiro atoms. The number of carbonyl (C=O) groups is 1. The van der Waals surface area contributed by atoms with Crippen LogP contribution in [0.3, 0.4) is 0 Å². The van der Waals surface area contributed by atoms with E-state index >= 15 is 0 Å². The van der Waals surface area contributed by atoms with Gasteiger partial charge in [-0.1, -0.05) is 11.8 Å². The number of aromatic nitrogens is 2. The number of benzene rings is 1. The summed E-state index contributed by atoms with van der Waals surface area (Å²) in [4.78, 5) is 16.5. The van der Waals surface area contributed by atoms with Gasteiger partial charge < -0.3 is 14.6 Å². The lowest BCUT2D eigenvalue weighted by Crippen LogP contribution is -2.23. The van der Waals surface area contributed by atoms with Gasteiger partial charge in [0.25, 0.3) is 0 Å². The third-order valence-corrected chi connectivity index (χ3v) is 4.67. The molecule has 0 saturated heterocycles. The molecule has 1 N–H and O–H groups in total. The third kappa shape index (κ3) is 4.91. The minimum Gasteiger partial charge on any atom is -0.406 e. The lowest BCUT2D eigenvalue weighted by Gasteiger charge is -2.13. The van der Waals surface area contributed by atoms with Crippen molar-refractivity contribution in [3.8, 4) is 5.75 Å². The summed E-state index contributed by atoms with van der Waals surface area (Å²) in [6, 6.07) is 5.51. The number of ether oxygens (including phenoxy) is 1. The number of imidazole rings is 1. The highest BCUT2D eigenvalue weighted by atomic mass is 32.2. The summed E-state index contributed by atoms with van der Waals surface area (Å²) in [6.07, 6.45) is 1.13. The van der Waals surface area contributed by atoms with E-state index in [1.54, 1.807) is 13.1 Å². The number of alkyl halides is 3. The van der Waals surface area contributed by atoms with E-state index in [-0.39, 0.29) is 11.7 Å². The first-order valence-corrected chi connectivity index (χ1v) is 8.56. The average Bonchev–Trinajstić information content (AvgIpc) is 3.27. The van der Waals surface area contributed by atoms with Crippen molar-refractivity contribution in [1.82, 2.24) is 9.55 Å². The molecule has 3 rings (SSSR count). The molecule has 25 heavy (non-hydrogen) atoms. The van der Waals surface area contributed by atoms with Crippen molar-refractivity contribution in [3.05, 3.63) is 36.7 Å². The van der Waals surface area contributed by atoms with Crippen molar-refractivity contribution in [1.29, 1.82) is 0 Å². The Morgan fingerprint density at radius 2 is 2.04 bits per heavy atom. The number of amides is 1. The first-order valence-electron chi connectivity index (χ1n) is 7.68. The van der Waals surface area contributed by atoms with Gasteiger partial charge in [0.1, 0.15) is 5.75 Å². The standard InChI is InChI=1S/C16H16F3N3O2S/c1-10(25-15-20-8-9-22(15)12-4-5-12)14(23)21-11-2-6-13(7-3-11)24-16(17,18)19/h2-3,6-10,12H,4-5H2,1H3,(H,21,23). The Labute approximate surface area is 146 Å². The second-order valence-electron chi connectivity index (χ2n) is 5.67. The van der Waals surface area contributed by atoms with Crippen molar-refractivity contribution >= 4 is 23.4 Å². The summed E-state index contributed by atoms with van der Waals surface area (Å²) in [5.41, 5.74) is 0.400. The molecule has 134 valence electrons. The highest BCUT2D eigenvalue weighted by molar-refractivity contribution is 8.00. The summed E-state index contributed by atoms with van der Waals surface area (Å²) in [7, 11) is 0. The molecule has 0 bridgehead atoms. The van der Waals surface area contributed by atoms with E-state index in [0.29, 0.717) is 11.7 Å². The molecule has 1 aromatic heterocycles. The van der Waals surface area contributed by atoms with Crippen molar-refractivity contribution < 1.29 is 22.7 Å². The van der Waals surface area contributed by atoms with Gasteiger partial charge >= 0.3 is 6.36 Å². The molecule has 1 saturated carbocycles. The van der Waals surface area contributed by atoms with Crippen LogP contribution in [0.15, 0.2) is 41.8 Å². The second-order valence-corrected chi connectivity index (χ2v) is 6.98. The van der Waals surface area contributed by atoms with Crippen LogP contribution in [0.1, 0.15) is 25.8 Å². The van der Waals surface area contributed by atoms with E-state index in [1.807, 2.05) is 6.20 Å². The number of hydrogen-bond acceptors (Lipinski definition) is 4. The summed E-state index contributed by atoms with van der Waals surface area (Å²) in [5, 5.41) is 3.07. The molecule has 0 radical (unpaired) electrons. The topological polar surface area (TPSA) is 56.2 Å². The van der Waals surface area contributed by atoms with E-state index in [4.69, 9.17) is 0 Å². The molecular formula is C16H16F3N3O2S. The number of nitrogens with zero attached hydrogens (tertiary/aromatic N) is 2. The fourth-order valence-corrected chi connectivity index (χ4v) is 3.15. The summed E-state index contributed by atoms with van der Waals surface area (Å²) in [5.74, 6) is -0.584. The molecule has 1 aliphatic rings. The number of carbonyl (C=O) groups excluding carboxylic acids is 1. The first kappa shape index (κ1) is 17.7. The molecule has 1 aliphatic carbocycles. The Bertz CT molecular complexity index is 742. The van der Waals surface area contributed by atoms with Gasteiger partial charge in [0, 0.05) is 24.1 Å². The second kappa shape index (κ2) is 6.99. The van der Waals surface area contributed by atoms with Crippen LogP contribution in [0.4, 0.5) is 18.9 Å². The number of rotatable bonds is 6. The molecule has 5 nitrogen and oxygen atoms in total. The van der Waals surface area contributed by atoms with Crippen LogP contribution in [0.25, 0.3) is 0 Å². The van der Waals surface area contributed by atoms with Crippen molar-refractivity contribution in [3.63, 3.8) is 0 Å².